The van der Waals surface area contributed by atoms with Gasteiger partial charge >= 0.3 is 5.97 Å². The highest BCUT2D eigenvalue weighted by Crippen LogP contribution is 2.26. The van der Waals surface area contributed by atoms with Gasteiger partial charge in [0.1, 0.15) is 4.90 Å². The maximum absolute atomic E-state index is 13.9. The van der Waals surface area contributed by atoms with Crippen molar-refractivity contribution in [1.29, 1.82) is 0 Å². The maximum atomic E-state index is 13.9. The summed E-state index contributed by atoms with van der Waals surface area (Å²) in [7, 11) is 0.729. The fourth-order valence-corrected chi connectivity index (χ4v) is 2.49. The summed E-state index contributed by atoms with van der Waals surface area (Å²) in [4.78, 5) is 10.8. The molecule has 106 valence electrons. The van der Waals surface area contributed by atoms with E-state index in [9.17, 15) is 17.6 Å². The van der Waals surface area contributed by atoms with E-state index in [0.29, 0.717) is 6.42 Å². The van der Waals surface area contributed by atoms with Gasteiger partial charge in [0.25, 0.3) is 9.05 Å². The molecular formula is C11H11Cl2FO4S. The number of esters is 1. The van der Waals surface area contributed by atoms with Gasteiger partial charge in [0.2, 0.25) is 0 Å². The molecule has 0 unspecified atom stereocenters. The van der Waals surface area contributed by atoms with Crippen molar-refractivity contribution in [3.05, 3.63) is 28.5 Å². The monoisotopic (exact) mass is 328 g/mol. The molecule has 1 aromatic rings. The Kier molecular flexibility index (Phi) is 5.58. The van der Waals surface area contributed by atoms with Crippen LogP contribution >= 0.6 is 22.3 Å². The summed E-state index contributed by atoms with van der Waals surface area (Å²) in [5.74, 6) is -2.24. The molecule has 0 aliphatic rings. The van der Waals surface area contributed by atoms with Crippen LogP contribution in [0.3, 0.4) is 0 Å². The molecule has 0 heterocycles. The van der Waals surface area contributed by atoms with Crippen LogP contribution in [0.15, 0.2) is 17.0 Å². The molecule has 19 heavy (non-hydrogen) atoms. The minimum atomic E-state index is -4.33. The topological polar surface area (TPSA) is 60.4 Å². The predicted octanol–water partition coefficient (Wildman–Crippen LogP) is 3.36. The van der Waals surface area contributed by atoms with Crippen LogP contribution in [0.25, 0.3) is 0 Å². The summed E-state index contributed by atoms with van der Waals surface area (Å²) in [6, 6.07) is 1.83. The predicted molar refractivity (Wildman–Crippen MR) is 69.6 cm³/mol. The first-order valence-electron chi connectivity index (χ1n) is 5.38. The van der Waals surface area contributed by atoms with Gasteiger partial charge in [-0.15, -0.1) is 0 Å². The van der Waals surface area contributed by atoms with Crippen LogP contribution in [0.4, 0.5) is 4.39 Å². The van der Waals surface area contributed by atoms with Gasteiger partial charge in [0.05, 0.1) is 12.2 Å². The Bertz CT molecular complexity index is 587. The standard InChI is InChI=1S/C11H11Cl2FO4S/c1-2-3-4-18-11(15)8-5-7(12)6-9(10(8)14)19(13,16)17/h5-6H,2-4H2,1H3. The number of ether oxygens (including phenoxy) is 1. The number of benzene rings is 1. The Hall–Kier alpha value is -0.850. The lowest BCUT2D eigenvalue weighted by Gasteiger charge is -2.07. The van der Waals surface area contributed by atoms with E-state index in [2.05, 4.69) is 0 Å². The molecular weight excluding hydrogens is 318 g/mol. The Morgan fingerprint density at radius 1 is 1.42 bits per heavy atom. The van der Waals surface area contributed by atoms with Crippen molar-refractivity contribution >= 4 is 37.3 Å². The van der Waals surface area contributed by atoms with E-state index in [1.54, 1.807) is 0 Å². The van der Waals surface area contributed by atoms with Crippen molar-refractivity contribution in [2.45, 2.75) is 24.7 Å². The Morgan fingerprint density at radius 3 is 2.58 bits per heavy atom. The van der Waals surface area contributed by atoms with Crippen molar-refractivity contribution in [3.63, 3.8) is 0 Å². The molecule has 0 spiro atoms. The van der Waals surface area contributed by atoms with E-state index < -0.39 is 31.3 Å². The Labute approximate surface area is 119 Å². The summed E-state index contributed by atoms with van der Waals surface area (Å²) in [6.07, 6.45) is 1.42. The second-order valence-corrected chi connectivity index (χ2v) is 6.66. The van der Waals surface area contributed by atoms with Gasteiger partial charge in [-0.2, -0.15) is 0 Å². The normalized spacial score (nSPS) is 11.4. The average molecular weight is 329 g/mol. The van der Waals surface area contributed by atoms with Crippen LogP contribution in [-0.4, -0.2) is 21.0 Å². The van der Waals surface area contributed by atoms with E-state index in [0.717, 1.165) is 18.6 Å². The number of hydrogen-bond acceptors (Lipinski definition) is 4. The third kappa shape index (κ3) is 4.33. The van der Waals surface area contributed by atoms with Crippen LogP contribution in [0, 0.1) is 5.82 Å². The van der Waals surface area contributed by atoms with Gasteiger partial charge in [-0.3, -0.25) is 0 Å². The van der Waals surface area contributed by atoms with Gasteiger partial charge in [0.15, 0.2) is 5.82 Å². The van der Waals surface area contributed by atoms with Crippen molar-refractivity contribution in [2.75, 3.05) is 6.61 Å². The molecule has 4 nitrogen and oxygen atoms in total. The number of carbonyl (C=O) groups is 1. The SMILES string of the molecule is CCCCOC(=O)c1cc(Cl)cc(S(=O)(=O)Cl)c1F. The molecule has 0 atom stereocenters. The Balaban J connectivity index is 3.15. The molecule has 0 radical (unpaired) electrons. The van der Waals surface area contributed by atoms with Crippen LogP contribution < -0.4 is 0 Å². The zero-order valence-corrected chi connectivity index (χ0v) is 12.3. The minimum absolute atomic E-state index is 0.115. The number of hydrogen-bond donors (Lipinski definition) is 0. The lowest BCUT2D eigenvalue weighted by Crippen LogP contribution is -2.11. The molecule has 0 fully saturated rings. The number of carbonyl (C=O) groups excluding carboxylic acids is 1. The highest BCUT2D eigenvalue weighted by Gasteiger charge is 2.24. The van der Waals surface area contributed by atoms with Crippen LogP contribution in [-0.2, 0) is 13.8 Å². The third-order valence-corrected chi connectivity index (χ3v) is 3.76. The summed E-state index contributed by atoms with van der Waals surface area (Å²) < 4.78 is 41.0. The quantitative estimate of drug-likeness (QED) is 0.472. The molecule has 0 aliphatic carbocycles. The molecule has 8 heteroatoms. The molecule has 1 rings (SSSR count). The molecule has 0 saturated carbocycles. The highest BCUT2D eigenvalue weighted by atomic mass is 35.7. The summed E-state index contributed by atoms with van der Waals surface area (Å²) in [6.45, 7) is 2.01. The molecule has 0 bridgehead atoms. The summed E-state index contributed by atoms with van der Waals surface area (Å²) >= 11 is 5.64. The van der Waals surface area contributed by atoms with E-state index in [1.807, 2.05) is 6.92 Å². The summed E-state index contributed by atoms with van der Waals surface area (Å²) in [5.41, 5.74) is -0.553. The largest absolute Gasteiger partial charge is 0.462 e. The van der Waals surface area contributed by atoms with E-state index >= 15 is 0 Å². The van der Waals surface area contributed by atoms with E-state index in [4.69, 9.17) is 27.0 Å². The number of unbranched alkanes of at least 4 members (excludes halogenated alkanes) is 1. The molecule has 0 saturated heterocycles. The molecule has 0 aliphatic heterocycles. The average Bonchev–Trinajstić information content (AvgIpc) is 2.30. The van der Waals surface area contributed by atoms with Gasteiger partial charge in [0, 0.05) is 15.7 Å². The number of halogens is 3. The highest BCUT2D eigenvalue weighted by molar-refractivity contribution is 8.13. The second-order valence-electron chi connectivity index (χ2n) is 3.69. The zero-order valence-electron chi connectivity index (χ0n) is 9.95. The van der Waals surface area contributed by atoms with Crippen LogP contribution in [0.1, 0.15) is 30.1 Å². The van der Waals surface area contributed by atoms with Crippen molar-refractivity contribution in [2.24, 2.45) is 0 Å². The van der Waals surface area contributed by atoms with E-state index in [-0.39, 0.29) is 11.6 Å². The Morgan fingerprint density at radius 2 is 2.05 bits per heavy atom. The van der Waals surface area contributed by atoms with Crippen molar-refractivity contribution in [1.82, 2.24) is 0 Å². The van der Waals surface area contributed by atoms with Gasteiger partial charge in [-0.1, -0.05) is 24.9 Å². The van der Waals surface area contributed by atoms with Crippen LogP contribution in [0.5, 0.6) is 0 Å². The van der Waals surface area contributed by atoms with Gasteiger partial charge in [-0.05, 0) is 18.6 Å². The second kappa shape index (κ2) is 6.54. The number of rotatable bonds is 5. The first-order chi connectivity index (χ1) is 8.77. The first-order valence-corrected chi connectivity index (χ1v) is 8.07. The molecule has 0 aromatic heterocycles. The lowest BCUT2D eigenvalue weighted by atomic mass is 10.2. The van der Waals surface area contributed by atoms with Crippen molar-refractivity contribution < 1.29 is 22.3 Å². The van der Waals surface area contributed by atoms with Gasteiger partial charge < -0.3 is 4.74 Å². The zero-order chi connectivity index (χ0) is 14.6. The molecule has 0 amide bonds. The molecule has 0 N–H and O–H groups in total. The minimum Gasteiger partial charge on any atom is -0.462 e. The molecule has 1 aromatic carbocycles. The van der Waals surface area contributed by atoms with E-state index in [1.165, 1.54) is 0 Å². The fourth-order valence-electron chi connectivity index (χ4n) is 1.28. The summed E-state index contributed by atoms with van der Waals surface area (Å²) in [5, 5.41) is -0.122. The van der Waals surface area contributed by atoms with Crippen molar-refractivity contribution in [3.8, 4) is 0 Å². The third-order valence-electron chi connectivity index (χ3n) is 2.22. The lowest BCUT2D eigenvalue weighted by molar-refractivity contribution is 0.0493. The van der Waals surface area contributed by atoms with Crippen LogP contribution in [0.2, 0.25) is 5.02 Å². The first kappa shape index (κ1) is 16.2. The fraction of sp³-hybridized carbons (Fsp3) is 0.364. The van der Waals surface area contributed by atoms with Gasteiger partial charge in [-0.25, -0.2) is 17.6 Å². The smallest absolute Gasteiger partial charge is 0.341 e. The maximum Gasteiger partial charge on any atom is 0.341 e.